The van der Waals surface area contributed by atoms with E-state index in [9.17, 15) is 55.9 Å². The van der Waals surface area contributed by atoms with Crippen LogP contribution in [0.15, 0.2) is 0 Å². The van der Waals surface area contributed by atoms with E-state index < -0.39 is 148 Å². The molecule has 1 amide bonds. The number of aliphatic hydroxyl groups is 10. The first-order chi connectivity index (χ1) is 21.8. The van der Waals surface area contributed by atoms with Crippen LogP contribution in [0.4, 0.5) is 0 Å². The molecule has 0 aliphatic carbocycles. The SMILES string of the molecule is CC(=O)N[C@H]1[C@@H]2O[C@@H]3[C@@H](O[C@H]4[C@@H](O)[C@@H](CO)O[C@H](O[C@H]1[C@H](O)[C@@H](CO)O2)[C@@H]4O[C@H]1O[C@@H](C)[C@@H](O)[C@@H](O)[C@@H]1O)O[C@H](CO)[C@@H](O)[C@@H]3O. The molecule has 11 N–H and O–H groups in total. The van der Waals surface area contributed by atoms with E-state index in [4.69, 9.17) is 37.9 Å². The zero-order valence-electron chi connectivity index (χ0n) is 24.8. The fourth-order valence-corrected chi connectivity index (χ4v) is 6.24. The first-order valence-electron chi connectivity index (χ1n) is 14.9. The van der Waals surface area contributed by atoms with Gasteiger partial charge in [0.2, 0.25) is 5.91 Å². The molecule has 20 nitrogen and oxygen atoms in total. The largest absolute Gasteiger partial charge is 0.394 e. The molecule has 0 aromatic carbocycles. The van der Waals surface area contributed by atoms with Crippen LogP contribution >= 0.6 is 0 Å². The lowest BCUT2D eigenvalue weighted by atomic mass is 9.95. The lowest BCUT2D eigenvalue weighted by Gasteiger charge is -2.49. The summed E-state index contributed by atoms with van der Waals surface area (Å²) in [5, 5.41) is 108. The molecule has 5 rings (SSSR count). The van der Waals surface area contributed by atoms with Gasteiger partial charge in [-0.2, -0.15) is 0 Å². The second-order valence-electron chi connectivity index (χ2n) is 11.9. The maximum atomic E-state index is 12.3. The van der Waals surface area contributed by atoms with E-state index in [0.717, 1.165) is 6.92 Å². The van der Waals surface area contributed by atoms with Crippen LogP contribution in [0.1, 0.15) is 13.8 Å². The third-order valence-electron chi connectivity index (χ3n) is 8.82. The Morgan fingerprint density at radius 1 is 0.587 bits per heavy atom. The molecular formula is C26H43NO19. The number of amides is 1. The van der Waals surface area contributed by atoms with Crippen LogP contribution in [-0.4, -0.2) is 200 Å². The molecule has 266 valence electrons. The fourth-order valence-electron chi connectivity index (χ4n) is 6.24. The van der Waals surface area contributed by atoms with Crippen LogP contribution in [0.3, 0.4) is 0 Å². The summed E-state index contributed by atoms with van der Waals surface area (Å²) in [5.74, 6) is -0.659. The quantitative estimate of drug-likeness (QED) is 0.125. The van der Waals surface area contributed by atoms with Crippen molar-refractivity contribution >= 4 is 5.91 Å². The molecule has 0 spiro atoms. The van der Waals surface area contributed by atoms with E-state index >= 15 is 0 Å². The number of hydrogen-bond acceptors (Lipinski definition) is 19. The van der Waals surface area contributed by atoms with Gasteiger partial charge in [-0.3, -0.25) is 4.79 Å². The minimum Gasteiger partial charge on any atom is -0.394 e. The van der Waals surface area contributed by atoms with Gasteiger partial charge in [-0.25, -0.2) is 0 Å². The van der Waals surface area contributed by atoms with Crippen LogP contribution in [0.25, 0.3) is 0 Å². The standard InChI is InChI=1S/C26H43NO19/c1-6-12(32)16(36)18(38)24(39-6)46-22-20-15(35)10(5-30)42-26(22)43-19-11(27-7(2)31)23(40-9(4-29)14(19)34)45-21-17(37)13(33)8(3-28)41-25(21)44-20/h6,8-26,28-30,32-38H,3-5H2,1-2H3,(H,27,31)/t6-,8+,9+,10+,11+,12+,13+,14+,15-,16+,17-,18-,19+,20-,21-,22+,23-,24+,25+,26+/m0/s1. The van der Waals surface area contributed by atoms with E-state index in [0.29, 0.717) is 0 Å². The van der Waals surface area contributed by atoms with E-state index in [1.165, 1.54) is 6.92 Å². The Balaban J connectivity index is 1.62. The molecule has 0 radical (unpaired) electrons. The maximum absolute atomic E-state index is 12.3. The Morgan fingerprint density at radius 3 is 1.72 bits per heavy atom. The summed E-state index contributed by atoms with van der Waals surface area (Å²) in [4.78, 5) is 12.3. The van der Waals surface area contributed by atoms with Crippen molar-refractivity contribution in [1.29, 1.82) is 0 Å². The molecule has 5 aliphatic heterocycles. The number of fused-ring (bicyclic) bond motifs is 5. The molecule has 5 heterocycles. The van der Waals surface area contributed by atoms with Crippen molar-refractivity contribution in [1.82, 2.24) is 5.32 Å². The van der Waals surface area contributed by atoms with Crippen molar-refractivity contribution in [3.63, 3.8) is 0 Å². The number of carbonyl (C=O) groups is 1. The predicted molar refractivity (Wildman–Crippen MR) is 141 cm³/mol. The Labute approximate surface area is 261 Å². The van der Waals surface area contributed by atoms with Crippen molar-refractivity contribution in [2.45, 2.75) is 137 Å². The molecule has 0 unspecified atom stereocenters. The van der Waals surface area contributed by atoms with Gasteiger partial charge in [0.05, 0.1) is 25.9 Å². The molecule has 20 atom stereocenters. The number of ether oxygens (including phenoxy) is 8. The van der Waals surface area contributed by atoms with Crippen LogP contribution in [-0.2, 0) is 42.7 Å². The summed E-state index contributed by atoms with van der Waals surface area (Å²) in [5.41, 5.74) is 0. The highest BCUT2D eigenvalue weighted by atomic mass is 16.8. The summed E-state index contributed by atoms with van der Waals surface area (Å²) in [6.07, 6.45) is -31.1. The lowest BCUT2D eigenvalue weighted by Crippen LogP contribution is -2.69. The van der Waals surface area contributed by atoms with Crippen molar-refractivity contribution in [2.75, 3.05) is 19.8 Å². The molecule has 0 aromatic rings. The third kappa shape index (κ3) is 6.79. The van der Waals surface area contributed by atoms with Crippen LogP contribution in [0.5, 0.6) is 0 Å². The van der Waals surface area contributed by atoms with E-state index in [-0.39, 0.29) is 0 Å². The van der Waals surface area contributed by atoms with Crippen LogP contribution < -0.4 is 5.32 Å². The summed E-state index contributed by atoms with van der Waals surface area (Å²) in [6.45, 7) is 0.105. The second kappa shape index (κ2) is 14.7. The highest BCUT2D eigenvalue weighted by Gasteiger charge is 2.59. The summed E-state index contributed by atoms with van der Waals surface area (Å²) >= 11 is 0. The normalized spacial score (nSPS) is 53.0. The van der Waals surface area contributed by atoms with Crippen molar-refractivity contribution < 1.29 is 93.8 Å². The van der Waals surface area contributed by atoms with Gasteiger partial charge in [0.1, 0.15) is 91.5 Å². The van der Waals surface area contributed by atoms with Crippen LogP contribution in [0.2, 0.25) is 0 Å². The summed E-state index contributed by atoms with van der Waals surface area (Å²) in [7, 11) is 0. The van der Waals surface area contributed by atoms with E-state index in [1.807, 2.05) is 0 Å². The average Bonchev–Trinajstić information content (AvgIpc) is 3.03. The van der Waals surface area contributed by atoms with E-state index in [2.05, 4.69) is 5.32 Å². The van der Waals surface area contributed by atoms with Gasteiger partial charge in [-0.1, -0.05) is 0 Å². The first-order valence-corrected chi connectivity index (χ1v) is 14.9. The molecule has 5 aliphatic rings. The number of aliphatic hydroxyl groups excluding tert-OH is 10. The minimum atomic E-state index is -1.86. The van der Waals surface area contributed by atoms with Crippen molar-refractivity contribution in [3.05, 3.63) is 0 Å². The molecule has 0 saturated carbocycles. The number of hydrogen-bond donors (Lipinski definition) is 11. The molecule has 5 saturated heterocycles. The molecular weight excluding hydrogens is 630 g/mol. The van der Waals surface area contributed by atoms with Crippen molar-refractivity contribution in [2.24, 2.45) is 0 Å². The smallest absolute Gasteiger partial charge is 0.217 e. The predicted octanol–water partition coefficient (Wildman–Crippen LogP) is -7.53. The van der Waals surface area contributed by atoms with E-state index in [1.54, 1.807) is 0 Å². The summed E-state index contributed by atoms with van der Waals surface area (Å²) in [6, 6.07) is -1.43. The Kier molecular flexibility index (Phi) is 11.5. The van der Waals surface area contributed by atoms with Gasteiger partial charge < -0.3 is 94.3 Å². The van der Waals surface area contributed by atoms with Gasteiger partial charge in [0, 0.05) is 6.92 Å². The van der Waals surface area contributed by atoms with Gasteiger partial charge in [-0.05, 0) is 6.92 Å². The zero-order valence-corrected chi connectivity index (χ0v) is 24.8. The number of rotatable bonds is 6. The maximum Gasteiger partial charge on any atom is 0.217 e. The third-order valence-corrected chi connectivity index (χ3v) is 8.82. The van der Waals surface area contributed by atoms with Gasteiger partial charge in [0.25, 0.3) is 0 Å². The monoisotopic (exact) mass is 673 g/mol. The zero-order chi connectivity index (χ0) is 33.6. The Morgan fingerprint density at radius 2 is 1.11 bits per heavy atom. The second-order valence-corrected chi connectivity index (χ2v) is 11.9. The average molecular weight is 674 g/mol. The topological polar surface area (TPSA) is 305 Å². The highest BCUT2D eigenvalue weighted by Crippen LogP contribution is 2.38. The van der Waals surface area contributed by atoms with Gasteiger partial charge in [0.15, 0.2) is 25.2 Å². The fraction of sp³-hybridized carbons (Fsp3) is 0.962. The molecule has 5 fully saturated rings. The molecule has 4 bridgehead atoms. The highest BCUT2D eigenvalue weighted by molar-refractivity contribution is 5.73. The minimum absolute atomic E-state index is 0.659. The Hall–Kier alpha value is -1.25. The first kappa shape index (κ1) is 36.0. The lowest BCUT2D eigenvalue weighted by molar-refractivity contribution is -0.393. The van der Waals surface area contributed by atoms with Gasteiger partial charge >= 0.3 is 0 Å². The van der Waals surface area contributed by atoms with Crippen molar-refractivity contribution in [3.8, 4) is 0 Å². The molecule has 46 heavy (non-hydrogen) atoms. The number of carbonyl (C=O) groups excluding carboxylic acids is 1. The van der Waals surface area contributed by atoms with Gasteiger partial charge in [-0.15, -0.1) is 0 Å². The summed E-state index contributed by atoms with van der Waals surface area (Å²) < 4.78 is 47.0. The molecule has 20 heteroatoms. The number of nitrogens with one attached hydrogen (secondary N) is 1. The van der Waals surface area contributed by atoms with Crippen LogP contribution in [0, 0.1) is 0 Å². The molecule has 0 aromatic heterocycles. The Bertz CT molecular complexity index is 1030.